The smallest absolute Gasteiger partial charge is 0.434 e. The van der Waals surface area contributed by atoms with Gasteiger partial charge in [-0.2, -0.15) is 36.0 Å². The van der Waals surface area contributed by atoms with Crippen LogP contribution in [0.5, 0.6) is 5.75 Å². The van der Waals surface area contributed by atoms with E-state index in [4.69, 9.17) is 0 Å². The van der Waals surface area contributed by atoms with Gasteiger partial charge < -0.3 is 4.74 Å². The molecule has 2 aromatic heterocycles. The molecule has 0 bridgehead atoms. The van der Waals surface area contributed by atoms with Gasteiger partial charge in [-0.3, -0.25) is 4.79 Å². The van der Waals surface area contributed by atoms with Crippen LogP contribution in [0, 0.1) is 6.92 Å². The molecule has 27 heavy (non-hydrogen) atoms. The zero-order valence-electron chi connectivity index (χ0n) is 13.4. The maximum atomic E-state index is 13.4. The van der Waals surface area contributed by atoms with E-state index in [0.29, 0.717) is 5.01 Å². The van der Waals surface area contributed by atoms with Crippen molar-refractivity contribution in [1.82, 2.24) is 14.6 Å². The number of hydrogen-bond acceptors (Lipinski definition) is 5. The predicted octanol–water partition coefficient (Wildman–Crippen LogP) is 4.09. The summed E-state index contributed by atoms with van der Waals surface area (Å²) in [5, 5.41) is 4.19. The minimum absolute atomic E-state index is 0.167. The van der Waals surface area contributed by atoms with Gasteiger partial charge in [0.2, 0.25) is 4.96 Å². The molecule has 0 atom stereocenters. The van der Waals surface area contributed by atoms with E-state index in [0.717, 1.165) is 40.1 Å². The molecular formula is C15H9F6N3O2S. The van der Waals surface area contributed by atoms with Gasteiger partial charge in [-0.15, -0.1) is 0 Å². The van der Waals surface area contributed by atoms with Crippen LogP contribution in [0.1, 0.15) is 10.7 Å². The molecule has 3 rings (SSSR count). The van der Waals surface area contributed by atoms with E-state index < -0.39 is 35.8 Å². The fourth-order valence-corrected chi connectivity index (χ4v) is 3.02. The van der Waals surface area contributed by atoms with Crippen LogP contribution in [-0.2, 0) is 6.18 Å². The number of alkyl halides is 6. The Kier molecular flexibility index (Phi) is 4.62. The second-order valence-electron chi connectivity index (χ2n) is 5.38. The number of fused-ring (bicyclic) bond motifs is 1. The van der Waals surface area contributed by atoms with Crippen molar-refractivity contribution in [3.8, 4) is 16.9 Å². The van der Waals surface area contributed by atoms with Crippen molar-refractivity contribution in [3.05, 3.63) is 45.3 Å². The fourth-order valence-electron chi connectivity index (χ4n) is 2.29. The van der Waals surface area contributed by atoms with Crippen molar-refractivity contribution in [2.45, 2.75) is 19.3 Å². The Bertz CT molecular complexity index is 1040. The van der Waals surface area contributed by atoms with E-state index in [-0.39, 0.29) is 16.3 Å². The van der Waals surface area contributed by atoms with E-state index in [1.165, 1.54) is 6.92 Å². The highest BCUT2D eigenvalue weighted by Crippen LogP contribution is 2.35. The topological polar surface area (TPSA) is 56.5 Å². The average Bonchev–Trinajstić information content (AvgIpc) is 2.93. The molecule has 3 aromatic rings. The third kappa shape index (κ3) is 4.04. The van der Waals surface area contributed by atoms with Crippen LogP contribution >= 0.6 is 11.3 Å². The van der Waals surface area contributed by atoms with Gasteiger partial charge in [0.05, 0.1) is 5.56 Å². The zero-order valence-corrected chi connectivity index (χ0v) is 14.2. The number of benzene rings is 1. The number of aryl methyl sites for hydroxylation is 1. The van der Waals surface area contributed by atoms with Gasteiger partial charge in [0.15, 0.2) is 12.3 Å². The van der Waals surface area contributed by atoms with Gasteiger partial charge in [0.1, 0.15) is 10.8 Å². The molecule has 0 aliphatic carbocycles. The Morgan fingerprint density at radius 1 is 1.11 bits per heavy atom. The quantitative estimate of drug-likeness (QED) is 0.612. The van der Waals surface area contributed by atoms with Crippen LogP contribution in [0.15, 0.2) is 29.1 Å². The fraction of sp³-hybridized carbons (Fsp3) is 0.267. The number of rotatable bonds is 3. The van der Waals surface area contributed by atoms with Gasteiger partial charge in [0.25, 0.3) is 5.56 Å². The number of aromatic nitrogens is 3. The second kappa shape index (κ2) is 6.51. The zero-order chi connectivity index (χ0) is 20.0. The Balaban J connectivity index is 2.10. The average molecular weight is 409 g/mol. The van der Waals surface area contributed by atoms with E-state index in [1.54, 1.807) is 0 Å². The molecule has 12 heteroatoms. The van der Waals surface area contributed by atoms with Crippen LogP contribution in [0.4, 0.5) is 26.3 Å². The van der Waals surface area contributed by atoms with Crippen LogP contribution in [-0.4, -0.2) is 27.4 Å². The van der Waals surface area contributed by atoms with Crippen molar-refractivity contribution in [1.29, 1.82) is 0 Å². The molecule has 144 valence electrons. The summed E-state index contributed by atoms with van der Waals surface area (Å²) in [7, 11) is 0. The molecule has 0 saturated carbocycles. The molecule has 1 aromatic carbocycles. The van der Waals surface area contributed by atoms with Gasteiger partial charge in [-0.1, -0.05) is 23.5 Å². The SMILES string of the molecule is Cc1nn2c(=O)c(-c3ccc(OCC(F)(F)F)cc3)c(C(F)(F)F)nc2s1. The highest BCUT2D eigenvalue weighted by Gasteiger charge is 2.38. The first kappa shape index (κ1) is 19.1. The molecule has 0 spiro atoms. The van der Waals surface area contributed by atoms with E-state index in [2.05, 4.69) is 14.8 Å². The summed E-state index contributed by atoms with van der Waals surface area (Å²) in [5.41, 5.74) is -3.33. The first-order valence-electron chi connectivity index (χ1n) is 7.23. The maximum absolute atomic E-state index is 13.4. The summed E-state index contributed by atoms with van der Waals surface area (Å²) in [6, 6.07) is 4.21. The first-order valence-corrected chi connectivity index (χ1v) is 8.05. The molecular weight excluding hydrogens is 400 g/mol. The van der Waals surface area contributed by atoms with Gasteiger partial charge in [0, 0.05) is 0 Å². The minimum Gasteiger partial charge on any atom is -0.484 e. The van der Waals surface area contributed by atoms with Crippen molar-refractivity contribution < 1.29 is 31.1 Å². The summed E-state index contributed by atoms with van der Waals surface area (Å²) in [5.74, 6) is -0.205. The normalized spacial score (nSPS) is 12.6. The van der Waals surface area contributed by atoms with Gasteiger partial charge in [-0.25, -0.2) is 4.98 Å². The van der Waals surface area contributed by atoms with Crippen molar-refractivity contribution >= 4 is 16.3 Å². The molecule has 0 radical (unpaired) electrons. The molecule has 0 unspecified atom stereocenters. The molecule has 5 nitrogen and oxygen atoms in total. The lowest BCUT2D eigenvalue weighted by atomic mass is 10.0. The Labute approximate surface area is 150 Å². The predicted molar refractivity (Wildman–Crippen MR) is 83.9 cm³/mol. The number of ether oxygens (including phenoxy) is 1. The Morgan fingerprint density at radius 2 is 1.74 bits per heavy atom. The van der Waals surface area contributed by atoms with Gasteiger partial charge >= 0.3 is 12.4 Å². The summed E-state index contributed by atoms with van der Waals surface area (Å²) in [4.78, 5) is 15.8. The molecule has 0 aliphatic heterocycles. The van der Waals surface area contributed by atoms with Crippen LogP contribution in [0.2, 0.25) is 0 Å². The highest BCUT2D eigenvalue weighted by molar-refractivity contribution is 7.16. The molecule has 0 fully saturated rings. The minimum atomic E-state index is -4.91. The third-order valence-corrected chi connectivity index (χ3v) is 4.15. The lowest BCUT2D eigenvalue weighted by Crippen LogP contribution is -2.24. The Morgan fingerprint density at radius 3 is 2.30 bits per heavy atom. The molecule has 0 N–H and O–H groups in total. The first-order chi connectivity index (χ1) is 12.5. The monoisotopic (exact) mass is 409 g/mol. The molecule has 0 aliphatic rings. The standard InChI is InChI=1S/C15H9F6N3O2S/c1-7-23-24-12(25)10(11(15(19,20)21)22-13(24)27-7)8-2-4-9(5-3-8)26-6-14(16,17)18/h2-5H,6H2,1H3. The van der Waals surface area contributed by atoms with Crippen LogP contribution < -0.4 is 10.3 Å². The summed E-state index contributed by atoms with van der Waals surface area (Å²) in [6.07, 6.45) is -9.47. The lowest BCUT2D eigenvalue weighted by molar-refractivity contribution is -0.153. The van der Waals surface area contributed by atoms with Crippen molar-refractivity contribution in [3.63, 3.8) is 0 Å². The van der Waals surface area contributed by atoms with E-state index in [1.807, 2.05) is 0 Å². The van der Waals surface area contributed by atoms with Crippen LogP contribution in [0.3, 0.4) is 0 Å². The number of hydrogen-bond donors (Lipinski definition) is 0. The molecule has 0 amide bonds. The number of nitrogens with zero attached hydrogens (tertiary/aromatic N) is 3. The number of halogens is 6. The molecule has 0 saturated heterocycles. The van der Waals surface area contributed by atoms with E-state index in [9.17, 15) is 31.1 Å². The Hall–Kier alpha value is -2.63. The second-order valence-corrected chi connectivity index (χ2v) is 6.54. The van der Waals surface area contributed by atoms with Crippen LogP contribution in [0.25, 0.3) is 16.1 Å². The lowest BCUT2D eigenvalue weighted by Gasteiger charge is -2.12. The largest absolute Gasteiger partial charge is 0.484 e. The van der Waals surface area contributed by atoms with Crippen molar-refractivity contribution in [2.24, 2.45) is 0 Å². The highest BCUT2D eigenvalue weighted by atomic mass is 32.1. The van der Waals surface area contributed by atoms with E-state index >= 15 is 0 Å². The van der Waals surface area contributed by atoms with Crippen molar-refractivity contribution in [2.75, 3.05) is 6.61 Å². The molecule has 2 heterocycles. The summed E-state index contributed by atoms with van der Waals surface area (Å²) >= 11 is 0.826. The summed E-state index contributed by atoms with van der Waals surface area (Å²) in [6.45, 7) is -0.0348. The van der Waals surface area contributed by atoms with Gasteiger partial charge in [-0.05, 0) is 24.6 Å². The third-order valence-electron chi connectivity index (χ3n) is 3.33. The maximum Gasteiger partial charge on any atom is 0.434 e. The summed E-state index contributed by atoms with van der Waals surface area (Å²) < 4.78 is 82.0.